The molecule has 0 saturated carbocycles. The molecule has 0 radical (unpaired) electrons. The van der Waals surface area contributed by atoms with Crippen molar-refractivity contribution in [2.75, 3.05) is 14.1 Å². The lowest BCUT2D eigenvalue weighted by atomic mass is 10.2. The number of fused-ring (bicyclic) bond motifs is 2. The molecule has 0 saturated heterocycles. The largest absolute Gasteiger partial charge is 0.805 e. The number of benzene rings is 2. The first kappa shape index (κ1) is 14.3. The van der Waals surface area contributed by atoms with Gasteiger partial charge in [-0.25, -0.2) is 0 Å². The zero-order valence-electron chi connectivity index (χ0n) is 12.0. The van der Waals surface area contributed by atoms with Crippen LogP contribution < -0.4 is 9.16 Å². The van der Waals surface area contributed by atoms with Crippen molar-refractivity contribution < 1.29 is 9.16 Å². The Morgan fingerprint density at radius 3 is 2.59 bits per heavy atom. The average Bonchev–Trinajstić information content (AvgIpc) is 2.52. The summed E-state index contributed by atoms with van der Waals surface area (Å²) in [6.45, 7) is 0. The highest BCUT2D eigenvalue weighted by atomic mass is 32.1. The van der Waals surface area contributed by atoms with Gasteiger partial charge >= 0.3 is 5.52 Å². The molecule has 0 aliphatic carbocycles. The molecule has 1 aromatic heterocycles. The number of hydrogen-bond acceptors (Lipinski definition) is 4. The Kier molecular flexibility index (Phi) is 3.42. The zero-order valence-corrected chi connectivity index (χ0v) is 12.8. The first-order valence-electron chi connectivity index (χ1n) is 6.56. The third-order valence-electron chi connectivity index (χ3n) is 3.28. The van der Waals surface area contributed by atoms with Gasteiger partial charge in [-0.3, -0.25) is 0 Å². The van der Waals surface area contributed by atoms with Crippen LogP contribution in [0.2, 0.25) is 0 Å². The molecule has 6 nitrogen and oxygen atoms in total. The second kappa shape index (κ2) is 5.27. The van der Waals surface area contributed by atoms with Crippen LogP contribution in [-0.4, -0.2) is 28.9 Å². The molecule has 3 rings (SSSR count). The number of nitrogens with zero attached hydrogens (tertiary/aromatic N) is 3. The molecule has 22 heavy (non-hydrogen) atoms. The maximum atomic E-state index is 12.6. The van der Waals surface area contributed by atoms with Crippen molar-refractivity contribution in [2.45, 2.75) is 0 Å². The molecule has 112 valence electrons. The summed E-state index contributed by atoms with van der Waals surface area (Å²) >= 11 is 5.10. The van der Waals surface area contributed by atoms with E-state index in [0.29, 0.717) is 9.94 Å². The van der Waals surface area contributed by atoms with E-state index in [1.807, 2.05) is 0 Å². The number of ether oxygens (including phenoxy) is 1. The fraction of sp³-hybridized carbons (Fsp3) is 0.133. The van der Waals surface area contributed by atoms with Crippen LogP contribution in [-0.2, 0) is 0 Å². The smallest absolute Gasteiger partial charge is 0.329 e. The summed E-state index contributed by atoms with van der Waals surface area (Å²) < 4.78 is 6.99. The number of rotatable bonds is 1. The van der Waals surface area contributed by atoms with Gasteiger partial charge in [-0.05, 0) is 30.4 Å². The monoisotopic (exact) mass is 315 g/mol. The van der Waals surface area contributed by atoms with Gasteiger partial charge in [0.2, 0.25) is 5.75 Å². The number of thiocarbonyl (C=S) groups is 1. The van der Waals surface area contributed by atoms with Gasteiger partial charge in [-0.15, -0.1) is 0 Å². The van der Waals surface area contributed by atoms with E-state index in [1.54, 1.807) is 61.5 Å². The van der Waals surface area contributed by atoms with Crippen LogP contribution in [0, 0.1) is 10.1 Å². The molecule has 7 heteroatoms. The lowest BCUT2D eigenvalue weighted by molar-refractivity contribution is -0.433. The molecule has 0 atom stereocenters. The SMILES string of the molecule is CN(C)C(=S)Oc1cccc2c1[n+](=O)c1ccccc1n2[O-]. The van der Waals surface area contributed by atoms with Crippen LogP contribution in [0.3, 0.4) is 0 Å². The van der Waals surface area contributed by atoms with E-state index in [-0.39, 0.29) is 27.5 Å². The summed E-state index contributed by atoms with van der Waals surface area (Å²) in [6, 6.07) is 11.5. The van der Waals surface area contributed by atoms with E-state index in [2.05, 4.69) is 0 Å². The van der Waals surface area contributed by atoms with Crippen LogP contribution in [0.25, 0.3) is 22.1 Å². The van der Waals surface area contributed by atoms with Crippen LogP contribution in [0.15, 0.2) is 42.5 Å². The predicted octanol–water partition coefficient (Wildman–Crippen LogP) is 2.28. The van der Waals surface area contributed by atoms with Gasteiger partial charge in [0.25, 0.3) is 10.7 Å². The third kappa shape index (κ3) is 2.15. The summed E-state index contributed by atoms with van der Waals surface area (Å²) in [4.78, 5) is 14.2. The first-order valence-corrected chi connectivity index (χ1v) is 6.97. The van der Waals surface area contributed by atoms with Crippen molar-refractivity contribution >= 4 is 39.5 Å². The van der Waals surface area contributed by atoms with E-state index in [4.69, 9.17) is 17.0 Å². The fourth-order valence-electron chi connectivity index (χ4n) is 2.20. The van der Waals surface area contributed by atoms with Crippen LogP contribution >= 0.6 is 12.2 Å². The molecule has 0 spiro atoms. The molecule has 3 aromatic rings. The van der Waals surface area contributed by atoms with Crippen molar-refractivity contribution in [3.05, 3.63) is 52.6 Å². The van der Waals surface area contributed by atoms with E-state index < -0.39 is 0 Å². The molecular formula is C15H13N3O3S. The first-order chi connectivity index (χ1) is 10.5. The van der Waals surface area contributed by atoms with Crippen molar-refractivity contribution in [1.82, 2.24) is 9.63 Å². The Balaban J connectivity index is 2.37. The Morgan fingerprint density at radius 2 is 1.86 bits per heavy atom. The van der Waals surface area contributed by atoms with Crippen LogP contribution in [0.5, 0.6) is 5.75 Å². The fourth-order valence-corrected chi connectivity index (χ4v) is 2.29. The predicted molar refractivity (Wildman–Crippen MR) is 88.5 cm³/mol. The van der Waals surface area contributed by atoms with Gasteiger partial charge in [0.1, 0.15) is 11.0 Å². The molecule has 0 amide bonds. The highest BCUT2D eigenvalue weighted by Gasteiger charge is 2.21. The topological polar surface area (TPSA) is 63.4 Å². The molecule has 2 aromatic carbocycles. The van der Waals surface area contributed by atoms with Gasteiger partial charge in [-0.1, -0.05) is 18.2 Å². The quantitative estimate of drug-likeness (QED) is 0.392. The Morgan fingerprint density at radius 1 is 1.18 bits per heavy atom. The van der Waals surface area contributed by atoms with E-state index in [1.165, 1.54) is 0 Å². The maximum absolute atomic E-state index is 12.6. The Labute approximate surface area is 131 Å². The minimum Gasteiger partial charge on any atom is -0.805 e. The standard InChI is InChI=1S/C15H13N3O3S/c1-16(2)15(22)21-13-9-5-8-12-14(13)18(20)11-7-4-3-6-10(11)17(12)19/h3-9H,1-2H3. The minimum absolute atomic E-state index is 0.153. The van der Waals surface area contributed by atoms with Gasteiger partial charge < -0.3 is 19.6 Å². The van der Waals surface area contributed by atoms with Crippen molar-refractivity contribution in [1.29, 1.82) is 0 Å². The summed E-state index contributed by atoms with van der Waals surface area (Å²) in [7, 11) is 3.48. The number of aromatic nitrogens is 2. The van der Waals surface area contributed by atoms with Gasteiger partial charge in [0, 0.05) is 25.1 Å². The molecule has 0 N–H and O–H groups in total. The molecular weight excluding hydrogens is 302 g/mol. The van der Waals surface area contributed by atoms with E-state index in [0.717, 1.165) is 4.73 Å². The maximum Gasteiger partial charge on any atom is 0.329 e. The van der Waals surface area contributed by atoms with Gasteiger partial charge in [0.05, 0.1) is 4.43 Å². The lowest BCUT2D eigenvalue weighted by Crippen LogP contribution is -2.27. The summed E-state index contributed by atoms with van der Waals surface area (Å²) in [6.07, 6.45) is 0. The number of hydrogen-bond donors (Lipinski definition) is 0. The highest BCUT2D eigenvalue weighted by Crippen LogP contribution is 2.25. The normalized spacial score (nSPS) is 10.8. The second-order valence-electron chi connectivity index (χ2n) is 4.96. The highest BCUT2D eigenvalue weighted by molar-refractivity contribution is 7.80. The molecule has 0 aliphatic heterocycles. The second-order valence-corrected chi connectivity index (χ2v) is 5.31. The van der Waals surface area contributed by atoms with Crippen molar-refractivity contribution in [3.63, 3.8) is 0 Å². The molecule has 0 bridgehead atoms. The average molecular weight is 315 g/mol. The third-order valence-corrected chi connectivity index (χ3v) is 3.73. The van der Waals surface area contributed by atoms with Gasteiger partial charge in [-0.2, -0.15) is 0 Å². The van der Waals surface area contributed by atoms with Gasteiger partial charge in [0.15, 0.2) is 0 Å². The Hall–Kier alpha value is -2.67. The van der Waals surface area contributed by atoms with Crippen LogP contribution in [0.4, 0.5) is 0 Å². The van der Waals surface area contributed by atoms with E-state index >= 15 is 0 Å². The lowest BCUT2D eigenvalue weighted by Gasteiger charge is -2.16. The molecule has 1 heterocycles. The summed E-state index contributed by atoms with van der Waals surface area (Å²) in [5.74, 6) is 0.251. The molecule has 0 unspecified atom stereocenters. The Bertz CT molecular complexity index is 950. The minimum atomic E-state index is 0.153. The molecule has 0 aliphatic rings. The zero-order chi connectivity index (χ0) is 15.9. The molecule has 0 fully saturated rings. The number of para-hydroxylation sites is 3. The summed E-state index contributed by atoms with van der Waals surface area (Å²) in [5, 5.41) is 12.7. The van der Waals surface area contributed by atoms with Crippen molar-refractivity contribution in [3.8, 4) is 5.75 Å². The van der Waals surface area contributed by atoms with E-state index in [9.17, 15) is 10.1 Å². The summed E-state index contributed by atoms with van der Waals surface area (Å²) in [5.41, 5.74) is 0.960. The van der Waals surface area contributed by atoms with Crippen molar-refractivity contribution in [2.24, 2.45) is 0 Å². The van der Waals surface area contributed by atoms with Crippen LogP contribution in [0.1, 0.15) is 0 Å².